The summed E-state index contributed by atoms with van der Waals surface area (Å²) in [5, 5.41) is 0. The zero-order valence-corrected chi connectivity index (χ0v) is 6.71. The van der Waals surface area contributed by atoms with Crippen LogP contribution in [0.15, 0.2) is 0 Å². The minimum atomic E-state index is -5.61. The summed E-state index contributed by atoms with van der Waals surface area (Å²) in [6, 6.07) is 0. The van der Waals surface area contributed by atoms with Crippen molar-refractivity contribution in [1.82, 2.24) is 0 Å². The molecule has 0 unspecified atom stereocenters. The smallest absolute Gasteiger partial charge is 0.894 e. The first kappa shape index (κ1) is 15.7. The van der Waals surface area contributed by atoms with Crippen LogP contribution in [0.1, 0.15) is 0 Å². The van der Waals surface area contributed by atoms with E-state index in [1.165, 1.54) is 0 Å². The summed E-state index contributed by atoms with van der Waals surface area (Å²) in [6.07, 6.45) is 0. The van der Waals surface area contributed by atoms with Crippen LogP contribution in [0.5, 0.6) is 0 Å². The molecule has 0 atom stereocenters. The maximum atomic E-state index is 8.58. The second-order valence-corrected chi connectivity index (χ2v) is 1.50. The molecule has 0 heterocycles. The molecule has 0 bridgehead atoms. The van der Waals surface area contributed by atoms with Gasteiger partial charge >= 0.3 is 38.0 Å². The molecule has 7 heavy (non-hydrogen) atoms. The second kappa shape index (κ2) is 5.26. The molecule has 7 heteroatoms. The fourth-order valence-electron chi connectivity index (χ4n) is 0. The van der Waals surface area contributed by atoms with E-state index in [4.69, 9.17) is 19.2 Å². The largest absolute Gasteiger partial charge is 3.00 e. The van der Waals surface area contributed by atoms with Crippen molar-refractivity contribution in [3.05, 3.63) is 0 Å². The standard InChI is InChI=1S/B.Na.O4Si/c;;1-5(2,3)4/q+3;+1;-4. The summed E-state index contributed by atoms with van der Waals surface area (Å²) < 4.78 is 0. The van der Waals surface area contributed by atoms with Crippen molar-refractivity contribution < 1.29 is 48.7 Å². The van der Waals surface area contributed by atoms with E-state index in [0.717, 1.165) is 0 Å². The van der Waals surface area contributed by atoms with E-state index in [1.54, 1.807) is 0 Å². The van der Waals surface area contributed by atoms with Gasteiger partial charge in [0.1, 0.15) is 0 Å². The molecule has 32 valence electrons. The Morgan fingerprint density at radius 2 is 0.857 bits per heavy atom. The van der Waals surface area contributed by atoms with Crippen molar-refractivity contribution in [3.63, 3.8) is 0 Å². The number of hydrogen-bond donors (Lipinski definition) is 0. The number of hydrogen-bond acceptors (Lipinski definition) is 4. The predicted molar refractivity (Wildman–Crippen MR) is 11.5 cm³/mol. The summed E-state index contributed by atoms with van der Waals surface area (Å²) in [4.78, 5) is 34.3. The molecule has 0 aliphatic heterocycles. The number of rotatable bonds is 0. The van der Waals surface area contributed by atoms with Crippen molar-refractivity contribution in [2.24, 2.45) is 0 Å². The van der Waals surface area contributed by atoms with Crippen molar-refractivity contribution in [3.8, 4) is 0 Å². The van der Waals surface area contributed by atoms with E-state index < -0.39 is 9.05 Å². The molecule has 4 nitrogen and oxygen atoms in total. The Hall–Kier alpha value is 1.12. The van der Waals surface area contributed by atoms with Gasteiger partial charge in [-0.15, -0.1) is 0 Å². The van der Waals surface area contributed by atoms with Crippen LogP contribution in [0.4, 0.5) is 0 Å². The van der Waals surface area contributed by atoms with Gasteiger partial charge in [0.05, 0.1) is 0 Å². The van der Waals surface area contributed by atoms with Gasteiger partial charge in [0.25, 0.3) is 0 Å². The van der Waals surface area contributed by atoms with Crippen molar-refractivity contribution >= 4 is 17.5 Å². The first-order valence-corrected chi connectivity index (χ1v) is 2.45. The third-order valence-corrected chi connectivity index (χ3v) is 0. The van der Waals surface area contributed by atoms with E-state index in [0.29, 0.717) is 0 Å². The van der Waals surface area contributed by atoms with Gasteiger partial charge in [0.15, 0.2) is 0 Å². The zero-order chi connectivity index (χ0) is 4.50. The maximum absolute atomic E-state index is 8.58. The van der Waals surface area contributed by atoms with Gasteiger partial charge in [-0.1, -0.05) is 0 Å². The first-order valence-electron chi connectivity index (χ1n) is 0.816. The quantitative estimate of drug-likeness (QED) is 0.301. The molecule has 0 rings (SSSR count). The molecule has 0 N–H and O–H groups in total. The van der Waals surface area contributed by atoms with Gasteiger partial charge in [-0.3, -0.25) is 0 Å². The van der Waals surface area contributed by atoms with Gasteiger partial charge in [-0.05, 0) is 0 Å². The van der Waals surface area contributed by atoms with E-state index >= 15 is 0 Å². The summed E-state index contributed by atoms with van der Waals surface area (Å²) in [7, 11) is -5.61. The fourth-order valence-corrected chi connectivity index (χ4v) is 0. The molecule has 0 saturated heterocycles. The molecule has 0 fully saturated rings. The maximum Gasteiger partial charge on any atom is 3.00 e. The van der Waals surface area contributed by atoms with Crippen LogP contribution < -0.4 is 48.7 Å². The Morgan fingerprint density at radius 3 is 0.857 bits per heavy atom. The molecule has 0 amide bonds. The second-order valence-electron chi connectivity index (χ2n) is 0.500. The van der Waals surface area contributed by atoms with Crippen LogP contribution in [-0.4, -0.2) is 17.5 Å². The van der Waals surface area contributed by atoms with E-state index in [1.807, 2.05) is 0 Å². The summed E-state index contributed by atoms with van der Waals surface area (Å²) in [5.41, 5.74) is 0. The van der Waals surface area contributed by atoms with Crippen LogP contribution >= 0.6 is 0 Å². The molecule has 0 aromatic heterocycles. The topological polar surface area (TPSA) is 92.2 Å². The molecule has 0 aromatic carbocycles. The predicted octanol–water partition coefficient (Wildman–Crippen LogP) is -8.51. The fraction of sp³-hybridized carbons (Fsp3) is 0. The Bertz CT molecular complexity index is 27.2. The van der Waals surface area contributed by atoms with Gasteiger partial charge in [-0.25, -0.2) is 0 Å². The van der Waals surface area contributed by atoms with Crippen LogP contribution in [0.25, 0.3) is 0 Å². The van der Waals surface area contributed by atoms with Gasteiger partial charge in [-0.2, -0.15) is 0 Å². The molecule has 0 aromatic rings. The molecule has 0 aliphatic carbocycles. The van der Waals surface area contributed by atoms with Crippen molar-refractivity contribution in [1.29, 1.82) is 0 Å². The average molecular weight is 126 g/mol. The molecule has 0 aliphatic rings. The van der Waals surface area contributed by atoms with Crippen LogP contribution in [0, 0.1) is 0 Å². The van der Waals surface area contributed by atoms with Gasteiger partial charge in [0, 0.05) is 0 Å². The Balaban J connectivity index is -0.0000000800. The van der Waals surface area contributed by atoms with Crippen molar-refractivity contribution in [2.45, 2.75) is 0 Å². The minimum absolute atomic E-state index is 0. The normalized spacial score (nSPS) is 8.57. The Morgan fingerprint density at radius 1 is 0.857 bits per heavy atom. The average Bonchev–Trinajstić information content (AvgIpc) is 0.722. The van der Waals surface area contributed by atoms with Crippen LogP contribution in [-0.2, 0) is 0 Å². The zero-order valence-electron chi connectivity index (χ0n) is 3.71. The molecular formula is BNaO4Si. The summed E-state index contributed by atoms with van der Waals surface area (Å²) >= 11 is 0. The first-order chi connectivity index (χ1) is 2.00. The van der Waals surface area contributed by atoms with Gasteiger partial charge in [0.2, 0.25) is 0 Å². The van der Waals surface area contributed by atoms with Crippen LogP contribution in [0.3, 0.4) is 0 Å². The molecule has 0 saturated carbocycles. The third-order valence-electron chi connectivity index (χ3n) is 0. The van der Waals surface area contributed by atoms with E-state index in [2.05, 4.69) is 0 Å². The Kier molecular flexibility index (Phi) is 11.8. The van der Waals surface area contributed by atoms with E-state index in [9.17, 15) is 0 Å². The molecule has 0 radical (unpaired) electrons. The van der Waals surface area contributed by atoms with Crippen molar-refractivity contribution in [2.75, 3.05) is 0 Å². The van der Waals surface area contributed by atoms with E-state index in [-0.39, 0.29) is 38.0 Å². The Labute approximate surface area is 66.2 Å². The van der Waals surface area contributed by atoms with Crippen LogP contribution in [0.2, 0.25) is 0 Å². The monoisotopic (exact) mass is 126 g/mol. The third kappa shape index (κ3) is 148. The minimum Gasteiger partial charge on any atom is -0.894 e. The SMILES string of the molecule is [B+3].[Na+].[O-][Si]([O-])([O-])[O-]. The molecule has 0 spiro atoms. The summed E-state index contributed by atoms with van der Waals surface area (Å²) in [5.74, 6) is 0. The summed E-state index contributed by atoms with van der Waals surface area (Å²) in [6.45, 7) is 0. The van der Waals surface area contributed by atoms with Gasteiger partial charge < -0.3 is 28.2 Å². The molecular weight excluding hydrogens is 126 g/mol.